The van der Waals surface area contributed by atoms with E-state index in [-0.39, 0.29) is 10.5 Å². The molecule has 0 fully saturated rings. The zero-order valence-electron chi connectivity index (χ0n) is 9.22. The number of carbonyl (C=O) groups is 1. The fraction of sp³-hybridized carbons (Fsp3) is 0.100. The first-order valence-corrected chi connectivity index (χ1v) is 6.43. The summed E-state index contributed by atoms with van der Waals surface area (Å²) in [5.74, 6) is 0. The molecule has 1 aromatic heterocycles. The number of anilines is 2. The molecule has 0 aliphatic heterocycles. The third-order valence-electron chi connectivity index (χ3n) is 2.08. The van der Waals surface area contributed by atoms with Crippen molar-refractivity contribution in [2.24, 2.45) is 0 Å². The summed E-state index contributed by atoms with van der Waals surface area (Å²) >= 11 is 12.5. The number of urea groups is 1. The van der Waals surface area contributed by atoms with E-state index < -0.39 is 0 Å². The molecule has 0 radical (unpaired) electrons. The largest absolute Gasteiger partial charge is 0.327 e. The van der Waals surface area contributed by atoms with Crippen molar-refractivity contribution in [2.75, 3.05) is 17.3 Å². The van der Waals surface area contributed by atoms with E-state index in [9.17, 15) is 4.79 Å². The van der Waals surface area contributed by atoms with E-state index in [0.717, 1.165) is 11.3 Å². The van der Waals surface area contributed by atoms with E-state index in [0.29, 0.717) is 15.8 Å². The Morgan fingerprint density at radius 1 is 1.28 bits per heavy atom. The van der Waals surface area contributed by atoms with Gasteiger partial charge in [0.05, 0.1) is 0 Å². The van der Waals surface area contributed by atoms with Crippen molar-refractivity contribution in [3.63, 3.8) is 0 Å². The Balaban J connectivity index is 2.05. The number of carbonyl (C=O) groups excluding carboxylic acids is 1. The van der Waals surface area contributed by atoms with Crippen LogP contribution >= 0.6 is 34.5 Å². The van der Waals surface area contributed by atoms with Crippen LogP contribution in [0.4, 0.5) is 15.6 Å². The first kappa shape index (κ1) is 13.1. The van der Waals surface area contributed by atoms with Gasteiger partial charge in [-0.15, -0.1) is 10.2 Å². The lowest BCUT2D eigenvalue weighted by Crippen LogP contribution is -2.31. The Bertz CT molecular complexity index is 557. The Labute approximate surface area is 117 Å². The number of hydrogen-bond acceptors (Lipinski definition) is 4. The first-order valence-electron chi connectivity index (χ1n) is 4.85. The summed E-state index contributed by atoms with van der Waals surface area (Å²) < 4.78 is 0.288. The van der Waals surface area contributed by atoms with Crippen molar-refractivity contribution < 1.29 is 4.79 Å². The van der Waals surface area contributed by atoms with Gasteiger partial charge in [-0.05, 0) is 35.9 Å². The second-order valence-electron chi connectivity index (χ2n) is 3.33. The van der Waals surface area contributed by atoms with Crippen LogP contribution in [0, 0.1) is 0 Å². The van der Waals surface area contributed by atoms with Gasteiger partial charge in [-0.3, -0.25) is 4.90 Å². The number of benzene rings is 1. The van der Waals surface area contributed by atoms with Crippen molar-refractivity contribution in [1.82, 2.24) is 10.2 Å². The molecule has 0 saturated carbocycles. The Hall–Kier alpha value is -1.37. The van der Waals surface area contributed by atoms with Crippen LogP contribution in [0.1, 0.15) is 0 Å². The first-order chi connectivity index (χ1) is 8.56. The molecule has 0 aliphatic rings. The van der Waals surface area contributed by atoms with Gasteiger partial charge in [0.15, 0.2) is 0 Å². The van der Waals surface area contributed by atoms with Gasteiger partial charge in [0.2, 0.25) is 9.60 Å². The van der Waals surface area contributed by atoms with Gasteiger partial charge in [0.25, 0.3) is 0 Å². The molecule has 18 heavy (non-hydrogen) atoms. The van der Waals surface area contributed by atoms with Crippen LogP contribution in [0.2, 0.25) is 9.49 Å². The van der Waals surface area contributed by atoms with Crippen molar-refractivity contribution in [3.8, 4) is 0 Å². The number of nitrogens with one attached hydrogen (secondary N) is 1. The predicted molar refractivity (Wildman–Crippen MR) is 73.8 cm³/mol. The topological polar surface area (TPSA) is 58.1 Å². The summed E-state index contributed by atoms with van der Waals surface area (Å²) in [6.45, 7) is 0. The van der Waals surface area contributed by atoms with Gasteiger partial charge >= 0.3 is 6.03 Å². The average Bonchev–Trinajstić information content (AvgIpc) is 2.78. The summed E-state index contributed by atoms with van der Waals surface area (Å²) in [5, 5.41) is 11.1. The minimum atomic E-state index is -0.329. The second-order valence-corrected chi connectivity index (χ2v) is 5.31. The molecular weight excluding hydrogens is 295 g/mol. The Morgan fingerprint density at radius 2 is 1.94 bits per heavy atom. The van der Waals surface area contributed by atoms with Gasteiger partial charge in [0, 0.05) is 17.8 Å². The van der Waals surface area contributed by atoms with Crippen LogP contribution in [0.15, 0.2) is 24.3 Å². The molecule has 2 aromatic rings. The fourth-order valence-electron chi connectivity index (χ4n) is 1.16. The number of hydrogen-bond donors (Lipinski definition) is 1. The molecule has 0 bridgehead atoms. The lowest BCUT2D eigenvalue weighted by molar-refractivity contribution is 0.258. The summed E-state index contributed by atoms with van der Waals surface area (Å²) in [4.78, 5) is 13.2. The maximum atomic E-state index is 11.9. The number of rotatable bonds is 2. The lowest BCUT2D eigenvalue weighted by atomic mass is 10.3. The molecular formula is C10H8Cl2N4OS. The molecule has 0 saturated heterocycles. The molecule has 2 rings (SSSR count). The zero-order valence-corrected chi connectivity index (χ0v) is 11.6. The number of halogens is 2. The van der Waals surface area contributed by atoms with Crippen LogP contribution < -0.4 is 10.2 Å². The maximum Gasteiger partial charge on any atom is 0.327 e. The van der Waals surface area contributed by atoms with Crippen LogP contribution in [0.5, 0.6) is 0 Å². The van der Waals surface area contributed by atoms with E-state index in [1.807, 2.05) is 0 Å². The maximum absolute atomic E-state index is 11.9. The van der Waals surface area contributed by atoms with Gasteiger partial charge in [0.1, 0.15) is 0 Å². The SMILES string of the molecule is CN(C(=O)Nc1ccc(Cl)cc1)c1nnc(Cl)s1. The van der Waals surface area contributed by atoms with Gasteiger partial charge in [-0.25, -0.2) is 4.79 Å². The van der Waals surface area contributed by atoms with Crippen molar-refractivity contribution in [2.45, 2.75) is 0 Å². The van der Waals surface area contributed by atoms with Crippen LogP contribution in [-0.4, -0.2) is 23.3 Å². The van der Waals surface area contributed by atoms with Gasteiger partial charge in [-0.1, -0.05) is 22.9 Å². The highest BCUT2D eigenvalue weighted by Crippen LogP contribution is 2.23. The van der Waals surface area contributed by atoms with Gasteiger partial charge in [-0.2, -0.15) is 0 Å². The minimum Gasteiger partial charge on any atom is -0.307 e. The summed E-state index contributed by atoms with van der Waals surface area (Å²) in [6.07, 6.45) is 0. The second kappa shape index (κ2) is 5.51. The van der Waals surface area contributed by atoms with E-state index in [4.69, 9.17) is 23.2 Å². The summed E-state index contributed by atoms with van der Waals surface area (Å²) in [5.41, 5.74) is 0.645. The molecule has 0 spiro atoms. The molecule has 0 unspecified atom stereocenters. The van der Waals surface area contributed by atoms with Crippen LogP contribution in [0.25, 0.3) is 0 Å². The normalized spacial score (nSPS) is 10.2. The molecule has 1 N–H and O–H groups in total. The third-order valence-corrected chi connectivity index (χ3v) is 3.42. The van der Waals surface area contributed by atoms with Crippen molar-refractivity contribution in [1.29, 1.82) is 0 Å². The highest BCUT2D eigenvalue weighted by Gasteiger charge is 2.15. The monoisotopic (exact) mass is 302 g/mol. The molecule has 8 heteroatoms. The quantitative estimate of drug-likeness (QED) is 0.923. The summed E-state index contributed by atoms with van der Waals surface area (Å²) in [7, 11) is 1.59. The van der Waals surface area contributed by atoms with Crippen LogP contribution in [0.3, 0.4) is 0 Å². The van der Waals surface area contributed by atoms with Crippen molar-refractivity contribution >= 4 is 51.4 Å². The predicted octanol–water partition coefficient (Wildman–Crippen LogP) is 3.51. The highest BCUT2D eigenvalue weighted by molar-refractivity contribution is 7.19. The molecule has 0 atom stereocenters. The lowest BCUT2D eigenvalue weighted by Gasteiger charge is -2.14. The Morgan fingerprint density at radius 3 is 2.50 bits per heavy atom. The molecule has 0 aliphatic carbocycles. The third kappa shape index (κ3) is 3.10. The van der Waals surface area contributed by atoms with E-state index in [1.165, 1.54) is 4.90 Å². The average molecular weight is 303 g/mol. The van der Waals surface area contributed by atoms with Crippen molar-refractivity contribution in [3.05, 3.63) is 33.8 Å². The molecule has 5 nitrogen and oxygen atoms in total. The molecule has 2 amide bonds. The number of amides is 2. The van der Waals surface area contributed by atoms with E-state index >= 15 is 0 Å². The standard InChI is InChI=1S/C10H8Cl2N4OS/c1-16(10-15-14-8(12)18-10)9(17)13-7-4-2-6(11)3-5-7/h2-5H,1H3,(H,13,17). The molecule has 1 heterocycles. The Kier molecular flexibility index (Phi) is 4.00. The molecule has 94 valence electrons. The van der Waals surface area contributed by atoms with Gasteiger partial charge < -0.3 is 5.32 Å². The number of nitrogens with zero attached hydrogens (tertiary/aromatic N) is 3. The van der Waals surface area contributed by atoms with Crippen LogP contribution in [-0.2, 0) is 0 Å². The zero-order chi connectivity index (χ0) is 13.1. The van der Waals surface area contributed by atoms with E-state index in [1.54, 1.807) is 31.3 Å². The minimum absolute atomic E-state index is 0.288. The number of aromatic nitrogens is 2. The van der Waals surface area contributed by atoms with E-state index in [2.05, 4.69) is 15.5 Å². The highest BCUT2D eigenvalue weighted by atomic mass is 35.5. The smallest absolute Gasteiger partial charge is 0.307 e. The summed E-state index contributed by atoms with van der Waals surface area (Å²) in [6, 6.07) is 6.48. The molecule has 1 aromatic carbocycles. The fourth-order valence-corrected chi connectivity index (χ4v) is 2.07.